The summed E-state index contributed by atoms with van der Waals surface area (Å²) >= 11 is 0. The Kier molecular flexibility index (Phi) is 5.04. The summed E-state index contributed by atoms with van der Waals surface area (Å²) in [6.45, 7) is 4.64. The number of anilines is 1. The topological polar surface area (TPSA) is 82.1 Å². The number of urea groups is 1. The maximum atomic E-state index is 13.1. The Morgan fingerprint density at radius 3 is 2.66 bits per heavy atom. The van der Waals surface area contributed by atoms with Crippen LogP contribution in [0, 0.1) is 0 Å². The van der Waals surface area contributed by atoms with Gasteiger partial charge in [0.1, 0.15) is 6.34 Å². The van der Waals surface area contributed by atoms with Crippen LogP contribution in [0.15, 0.2) is 58.4 Å². The maximum Gasteiger partial charge on any atom is 0.322 e. The second-order valence-corrected chi connectivity index (χ2v) is 9.45. The molecule has 0 spiro atoms. The summed E-state index contributed by atoms with van der Waals surface area (Å²) in [5, 5.41) is 2.88. The van der Waals surface area contributed by atoms with Crippen molar-refractivity contribution in [1.82, 2.24) is 9.62 Å². The molecule has 0 bridgehead atoms. The van der Waals surface area contributed by atoms with Gasteiger partial charge < -0.3 is 5.32 Å². The monoisotopic (exact) mass is 412 g/mol. The van der Waals surface area contributed by atoms with E-state index in [9.17, 15) is 13.2 Å². The summed E-state index contributed by atoms with van der Waals surface area (Å²) in [6.07, 6.45) is 2.04. The van der Waals surface area contributed by atoms with Crippen molar-refractivity contribution < 1.29 is 13.2 Å². The second-order valence-electron chi connectivity index (χ2n) is 7.56. The zero-order valence-electron chi connectivity index (χ0n) is 16.4. The first-order chi connectivity index (χ1) is 13.9. The number of fused-ring (bicyclic) bond motifs is 1. The van der Waals surface area contributed by atoms with Crippen molar-refractivity contribution in [3.8, 4) is 0 Å². The molecule has 0 saturated heterocycles. The number of nitrogens with one attached hydrogen (secondary N) is 1. The van der Waals surface area contributed by atoms with Gasteiger partial charge in [0.25, 0.3) is 10.0 Å². The summed E-state index contributed by atoms with van der Waals surface area (Å²) in [7, 11) is -3.69. The van der Waals surface area contributed by atoms with Gasteiger partial charge in [0.05, 0.1) is 17.5 Å². The molecule has 2 aliphatic rings. The van der Waals surface area contributed by atoms with E-state index in [1.165, 1.54) is 10.6 Å². The summed E-state index contributed by atoms with van der Waals surface area (Å²) < 4.78 is 27.5. The number of carbonyl (C=O) groups excluding carboxylic acids is 1. The molecule has 1 atom stereocenters. The van der Waals surface area contributed by atoms with Crippen LogP contribution in [0.25, 0.3) is 0 Å². The standard InChI is InChI=1S/C21H24N4O3S/c1-15(2)23-21(26)25-11-10-17-12-18(8-9-20(17)25)29(27,28)24-13-19(22-14-24)16-6-4-3-5-7-16/h3-9,12,14-15,19H,10-11,13H2,1-2H3,(H,23,26). The fraction of sp³-hybridized carbons (Fsp3) is 0.333. The smallest absolute Gasteiger partial charge is 0.322 e. The molecule has 0 saturated carbocycles. The average molecular weight is 413 g/mol. The van der Waals surface area contributed by atoms with Crippen LogP contribution in [-0.4, -0.2) is 44.2 Å². The highest BCUT2D eigenvalue weighted by Gasteiger charge is 2.32. The van der Waals surface area contributed by atoms with Crippen molar-refractivity contribution >= 4 is 28.1 Å². The molecule has 4 rings (SSSR count). The van der Waals surface area contributed by atoms with E-state index in [0.717, 1.165) is 16.8 Å². The molecular weight excluding hydrogens is 388 g/mol. The molecular formula is C21H24N4O3S. The van der Waals surface area contributed by atoms with Crippen molar-refractivity contribution in [3.05, 3.63) is 59.7 Å². The van der Waals surface area contributed by atoms with Crippen LogP contribution in [0.4, 0.5) is 10.5 Å². The summed E-state index contributed by atoms with van der Waals surface area (Å²) in [5.41, 5.74) is 2.61. The molecule has 0 radical (unpaired) electrons. The Morgan fingerprint density at radius 1 is 1.17 bits per heavy atom. The minimum atomic E-state index is -3.69. The number of hydrogen-bond acceptors (Lipinski definition) is 4. The second kappa shape index (κ2) is 7.51. The number of carbonyl (C=O) groups is 1. The number of rotatable bonds is 4. The van der Waals surface area contributed by atoms with Crippen LogP contribution in [0.2, 0.25) is 0 Å². The van der Waals surface area contributed by atoms with Crippen LogP contribution < -0.4 is 10.2 Å². The first kappa shape index (κ1) is 19.4. The number of hydrogen-bond donors (Lipinski definition) is 1. The zero-order valence-corrected chi connectivity index (χ0v) is 17.3. The van der Waals surface area contributed by atoms with Gasteiger partial charge in [-0.3, -0.25) is 14.2 Å². The Hall–Kier alpha value is -2.87. The highest BCUT2D eigenvalue weighted by Crippen LogP contribution is 2.32. The molecule has 2 heterocycles. The molecule has 152 valence electrons. The van der Waals surface area contributed by atoms with Gasteiger partial charge in [-0.15, -0.1) is 0 Å². The lowest BCUT2D eigenvalue weighted by molar-refractivity contribution is 0.244. The fourth-order valence-corrected chi connectivity index (χ4v) is 4.97. The molecule has 8 heteroatoms. The molecule has 1 N–H and O–H groups in total. The quantitative estimate of drug-likeness (QED) is 0.838. The van der Waals surface area contributed by atoms with Gasteiger partial charge in [0, 0.05) is 18.3 Å². The lowest BCUT2D eigenvalue weighted by Crippen LogP contribution is -2.42. The number of sulfonamides is 1. The Labute approximate surface area is 171 Å². The van der Waals surface area contributed by atoms with E-state index in [1.54, 1.807) is 23.1 Å². The molecule has 7 nitrogen and oxygen atoms in total. The van der Waals surface area contributed by atoms with Gasteiger partial charge in [-0.05, 0) is 49.6 Å². The van der Waals surface area contributed by atoms with E-state index in [1.807, 2.05) is 44.2 Å². The molecule has 29 heavy (non-hydrogen) atoms. The van der Waals surface area contributed by atoms with Crippen LogP contribution in [0.1, 0.15) is 31.0 Å². The third-order valence-corrected chi connectivity index (χ3v) is 6.83. The van der Waals surface area contributed by atoms with E-state index < -0.39 is 10.0 Å². The highest BCUT2D eigenvalue weighted by molar-refractivity contribution is 7.89. The van der Waals surface area contributed by atoms with Gasteiger partial charge in [0.15, 0.2) is 0 Å². The lowest BCUT2D eigenvalue weighted by atomic mass is 10.1. The third-order valence-electron chi connectivity index (χ3n) is 5.12. The molecule has 0 aliphatic carbocycles. The molecule has 1 unspecified atom stereocenters. The van der Waals surface area contributed by atoms with Crippen molar-refractivity contribution in [3.63, 3.8) is 0 Å². The van der Waals surface area contributed by atoms with Crippen molar-refractivity contribution in [2.75, 3.05) is 18.0 Å². The lowest BCUT2D eigenvalue weighted by Gasteiger charge is -2.20. The van der Waals surface area contributed by atoms with Crippen LogP contribution in [-0.2, 0) is 16.4 Å². The van der Waals surface area contributed by atoms with Gasteiger partial charge in [0.2, 0.25) is 0 Å². The molecule has 2 aliphatic heterocycles. The van der Waals surface area contributed by atoms with E-state index >= 15 is 0 Å². The van der Waals surface area contributed by atoms with Gasteiger partial charge in [-0.25, -0.2) is 13.2 Å². The minimum absolute atomic E-state index is 0.0400. The SMILES string of the molecule is CC(C)NC(=O)N1CCc2cc(S(=O)(=O)N3C=NC(c4ccccc4)C3)ccc21. The number of benzene rings is 2. The van der Waals surface area contributed by atoms with Crippen LogP contribution in [0.5, 0.6) is 0 Å². The normalized spacial score (nSPS) is 18.4. The maximum absolute atomic E-state index is 13.1. The minimum Gasteiger partial charge on any atom is -0.336 e. The predicted molar refractivity (Wildman–Crippen MR) is 113 cm³/mol. The molecule has 0 fully saturated rings. The van der Waals surface area contributed by atoms with Crippen molar-refractivity contribution in [2.24, 2.45) is 4.99 Å². The number of amides is 2. The average Bonchev–Trinajstić information content (AvgIpc) is 3.35. The summed E-state index contributed by atoms with van der Waals surface area (Å²) in [5.74, 6) is 0. The van der Waals surface area contributed by atoms with Crippen molar-refractivity contribution in [1.29, 1.82) is 0 Å². The molecule has 0 aromatic heterocycles. The third kappa shape index (κ3) is 3.72. The van der Waals surface area contributed by atoms with E-state index in [0.29, 0.717) is 13.0 Å². The Bertz CT molecular complexity index is 1050. The fourth-order valence-electron chi connectivity index (χ4n) is 3.66. The van der Waals surface area contributed by atoms with Gasteiger partial charge >= 0.3 is 6.03 Å². The first-order valence-electron chi connectivity index (χ1n) is 9.67. The van der Waals surface area contributed by atoms with Gasteiger partial charge in [-0.1, -0.05) is 30.3 Å². The molecule has 2 aromatic rings. The van der Waals surface area contributed by atoms with Crippen molar-refractivity contribution in [2.45, 2.75) is 37.2 Å². The predicted octanol–water partition coefficient (Wildman–Crippen LogP) is 2.94. The molecule has 2 amide bonds. The summed E-state index contributed by atoms with van der Waals surface area (Å²) in [6, 6.07) is 14.3. The van der Waals surface area contributed by atoms with E-state index in [4.69, 9.17) is 0 Å². The zero-order chi connectivity index (χ0) is 20.6. The summed E-state index contributed by atoms with van der Waals surface area (Å²) in [4.78, 5) is 18.6. The molecule has 2 aromatic carbocycles. The highest BCUT2D eigenvalue weighted by atomic mass is 32.2. The van der Waals surface area contributed by atoms with Crippen LogP contribution >= 0.6 is 0 Å². The largest absolute Gasteiger partial charge is 0.336 e. The Balaban J connectivity index is 1.54. The van der Waals surface area contributed by atoms with Crippen LogP contribution in [0.3, 0.4) is 0 Å². The van der Waals surface area contributed by atoms with E-state index in [-0.39, 0.29) is 29.6 Å². The number of aliphatic imine (C=N–C) groups is 1. The van der Waals surface area contributed by atoms with E-state index in [2.05, 4.69) is 10.3 Å². The first-order valence-corrected chi connectivity index (χ1v) is 11.1. The van der Waals surface area contributed by atoms with Gasteiger partial charge in [-0.2, -0.15) is 0 Å². The Morgan fingerprint density at radius 2 is 1.93 bits per heavy atom. The number of nitrogens with zero attached hydrogens (tertiary/aromatic N) is 3.